The van der Waals surface area contributed by atoms with Gasteiger partial charge in [-0.1, -0.05) is 6.07 Å². The molecular formula is C16H21NO3S. The number of carbonyl (C=O) groups excluding carboxylic acids is 1. The lowest BCUT2D eigenvalue weighted by Crippen LogP contribution is -2.51. The molecule has 0 atom stereocenters. The molecule has 0 aliphatic heterocycles. The molecule has 1 N–H and O–H groups in total. The van der Waals surface area contributed by atoms with Crippen LogP contribution in [0.15, 0.2) is 23.1 Å². The summed E-state index contributed by atoms with van der Waals surface area (Å²) in [7, 11) is 1.54. The molecule has 1 amide bonds. The van der Waals surface area contributed by atoms with E-state index in [-0.39, 0.29) is 11.7 Å². The van der Waals surface area contributed by atoms with Crippen LogP contribution < -0.4 is 0 Å². The number of aliphatic carboxylic acids is 1. The van der Waals surface area contributed by atoms with Gasteiger partial charge in [-0.15, -0.1) is 11.8 Å². The summed E-state index contributed by atoms with van der Waals surface area (Å²) in [4.78, 5) is 25.7. The quantitative estimate of drug-likeness (QED) is 0.850. The predicted molar refractivity (Wildman–Crippen MR) is 83.7 cm³/mol. The maximum absolute atomic E-state index is 12.1. The van der Waals surface area contributed by atoms with Crippen LogP contribution in [0.1, 0.15) is 31.4 Å². The summed E-state index contributed by atoms with van der Waals surface area (Å²) in [6.07, 6.45) is 3.47. The van der Waals surface area contributed by atoms with Gasteiger partial charge in [0.15, 0.2) is 0 Å². The number of hydrogen-bond acceptors (Lipinski definition) is 3. The lowest BCUT2D eigenvalue weighted by atomic mass is 10.0. The van der Waals surface area contributed by atoms with Gasteiger partial charge in [0.05, 0.1) is 5.75 Å². The number of benzene rings is 1. The molecule has 0 bridgehead atoms. The van der Waals surface area contributed by atoms with E-state index in [1.54, 1.807) is 7.05 Å². The van der Waals surface area contributed by atoms with Crippen molar-refractivity contribution >= 4 is 23.6 Å². The van der Waals surface area contributed by atoms with E-state index in [0.29, 0.717) is 0 Å². The van der Waals surface area contributed by atoms with Crippen LogP contribution in [0.5, 0.6) is 0 Å². The van der Waals surface area contributed by atoms with Gasteiger partial charge in [0.1, 0.15) is 5.54 Å². The number of likely N-dealkylation sites (N-methyl/N-ethyl adjacent to an activating group) is 1. The number of thioether (sulfide) groups is 1. The first-order chi connectivity index (χ1) is 9.82. The molecule has 1 aromatic rings. The van der Waals surface area contributed by atoms with E-state index in [1.807, 2.05) is 6.07 Å². The van der Waals surface area contributed by atoms with Gasteiger partial charge in [-0.05, 0) is 56.4 Å². The van der Waals surface area contributed by atoms with Crippen LogP contribution in [-0.2, 0) is 22.4 Å². The first kappa shape index (κ1) is 15.9. The Labute approximate surface area is 129 Å². The van der Waals surface area contributed by atoms with E-state index in [0.717, 1.165) is 17.7 Å². The van der Waals surface area contributed by atoms with Crippen molar-refractivity contribution in [3.05, 3.63) is 29.3 Å². The number of fused-ring (bicyclic) bond motifs is 1. The zero-order valence-electron chi connectivity index (χ0n) is 12.7. The molecule has 114 valence electrons. The summed E-state index contributed by atoms with van der Waals surface area (Å²) in [5.41, 5.74) is 1.61. The molecule has 0 fully saturated rings. The van der Waals surface area contributed by atoms with Crippen LogP contribution in [0.25, 0.3) is 0 Å². The van der Waals surface area contributed by atoms with Crippen LogP contribution in [0, 0.1) is 0 Å². The van der Waals surface area contributed by atoms with Crippen LogP contribution in [0.3, 0.4) is 0 Å². The van der Waals surface area contributed by atoms with Gasteiger partial charge in [-0.25, -0.2) is 4.79 Å². The Morgan fingerprint density at radius 2 is 1.95 bits per heavy atom. The molecule has 0 aromatic heterocycles. The zero-order valence-corrected chi connectivity index (χ0v) is 13.5. The molecule has 21 heavy (non-hydrogen) atoms. The Morgan fingerprint density at radius 1 is 1.29 bits per heavy atom. The molecule has 4 nitrogen and oxygen atoms in total. The average molecular weight is 307 g/mol. The fraction of sp³-hybridized carbons (Fsp3) is 0.500. The van der Waals surface area contributed by atoms with E-state index < -0.39 is 11.5 Å². The molecule has 1 aliphatic rings. The fourth-order valence-corrected chi connectivity index (χ4v) is 3.21. The van der Waals surface area contributed by atoms with Crippen molar-refractivity contribution in [3.8, 4) is 0 Å². The van der Waals surface area contributed by atoms with Crippen molar-refractivity contribution in [1.82, 2.24) is 4.90 Å². The number of hydrogen-bond donors (Lipinski definition) is 1. The number of rotatable bonds is 5. The lowest BCUT2D eigenvalue weighted by Gasteiger charge is -2.31. The van der Waals surface area contributed by atoms with Crippen LogP contribution >= 0.6 is 11.8 Å². The van der Waals surface area contributed by atoms with Crippen molar-refractivity contribution in [2.45, 2.75) is 43.5 Å². The molecule has 0 saturated carbocycles. The molecule has 2 rings (SSSR count). The minimum absolute atomic E-state index is 0.173. The first-order valence-electron chi connectivity index (χ1n) is 7.07. The third-order valence-corrected chi connectivity index (χ3v) is 5.15. The third kappa shape index (κ3) is 3.40. The summed E-state index contributed by atoms with van der Waals surface area (Å²) in [6.45, 7) is 3.07. The molecule has 1 aromatic carbocycles. The standard InChI is InChI=1S/C16H21NO3S/c1-16(2,15(19)20)17(3)14(18)10-21-13-8-7-11-5-4-6-12(11)9-13/h7-9H,4-6,10H2,1-3H3,(H,19,20). The van der Waals surface area contributed by atoms with Gasteiger partial charge in [0.25, 0.3) is 0 Å². The van der Waals surface area contributed by atoms with Gasteiger partial charge in [0, 0.05) is 11.9 Å². The highest BCUT2D eigenvalue weighted by Gasteiger charge is 2.34. The topological polar surface area (TPSA) is 57.6 Å². The van der Waals surface area contributed by atoms with E-state index in [4.69, 9.17) is 5.11 Å². The smallest absolute Gasteiger partial charge is 0.329 e. The third-order valence-electron chi connectivity index (χ3n) is 4.17. The Bertz CT molecular complexity index is 569. The second kappa shape index (κ2) is 6.10. The predicted octanol–water partition coefficient (Wildman–Crippen LogP) is 2.59. The van der Waals surface area contributed by atoms with Crippen molar-refractivity contribution < 1.29 is 14.7 Å². The Kier molecular flexibility index (Phi) is 4.61. The van der Waals surface area contributed by atoms with Gasteiger partial charge >= 0.3 is 5.97 Å². The summed E-state index contributed by atoms with van der Waals surface area (Å²) in [5, 5.41) is 9.15. The number of aryl methyl sites for hydroxylation is 2. The van der Waals surface area contributed by atoms with Crippen LogP contribution in [0.2, 0.25) is 0 Å². The van der Waals surface area contributed by atoms with Crippen molar-refractivity contribution in [1.29, 1.82) is 0 Å². The van der Waals surface area contributed by atoms with Crippen molar-refractivity contribution in [2.24, 2.45) is 0 Å². The van der Waals surface area contributed by atoms with Crippen LogP contribution in [0.4, 0.5) is 0 Å². The number of amides is 1. The molecule has 0 saturated heterocycles. The fourth-order valence-electron chi connectivity index (χ4n) is 2.34. The van der Waals surface area contributed by atoms with E-state index in [2.05, 4.69) is 12.1 Å². The highest BCUT2D eigenvalue weighted by molar-refractivity contribution is 8.00. The van der Waals surface area contributed by atoms with Crippen LogP contribution in [-0.4, -0.2) is 40.2 Å². The Morgan fingerprint density at radius 3 is 2.62 bits per heavy atom. The molecule has 5 heteroatoms. The summed E-state index contributed by atoms with van der Waals surface area (Å²) in [5.74, 6) is -0.916. The molecule has 0 heterocycles. The monoisotopic (exact) mass is 307 g/mol. The maximum atomic E-state index is 12.1. The summed E-state index contributed by atoms with van der Waals surface area (Å²) in [6, 6.07) is 6.34. The van der Waals surface area contributed by atoms with Gasteiger partial charge in [0.2, 0.25) is 5.91 Å². The minimum Gasteiger partial charge on any atom is -0.480 e. The molecule has 1 aliphatic carbocycles. The largest absolute Gasteiger partial charge is 0.480 e. The lowest BCUT2D eigenvalue weighted by molar-refractivity contribution is -0.154. The van der Waals surface area contributed by atoms with Crippen molar-refractivity contribution in [2.75, 3.05) is 12.8 Å². The highest BCUT2D eigenvalue weighted by Crippen LogP contribution is 2.28. The normalized spacial score (nSPS) is 13.9. The number of carboxylic acid groups (broad SMARTS) is 1. The Balaban J connectivity index is 1.97. The van der Waals surface area contributed by atoms with E-state index in [9.17, 15) is 9.59 Å². The zero-order chi connectivity index (χ0) is 15.6. The van der Waals surface area contributed by atoms with E-state index in [1.165, 1.54) is 48.1 Å². The molecule has 0 unspecified atom stereocenters. The van der Waals surface area contributed by atoms with Crippen molar-refractivity contribution in [3.63, 3.8) is 0 Å². The van der Waals surface area contributed by atoms with E-state index >= 15 is 0 Å². The second-order valence-corrected chi connectivity index (χ2v) is 6.94. The van der Waals surface area contributed by atoms with Gasteiger partial charge in [-0.2, -0.15) is 0 Å². The minimum atomic E-state index is -1.18. The maximum Gasteiger partial charge on any atom is 0.329 e. The number of carbonyl (C=O) groups is 2. The van der Waals surface area contributed by atoms with Gasteiger partial charge in [-0.3, -0.25) is 4.79 Å². The molecular weight excluding hydrogens is 286 g/mol. The molecule has 0 spiro atoms. The molecule has 0 radical (unpaired) electrons. The Hall–Kier alpha value is -1.49. The first-order valence-corrected chi connectivity index (χ1v) is 8.05. The average Bonchev–Trinajstić information content (AvgIpc) is 2.91. The SMILES string of the molecule is CN(C(=O)CSc1ccc2c(c1)CCC2)C(C)(C)C(=O)O. The van der Waals surface area contributed by atoms with Gasteiger partial charge < -0.3 is 10.0 Å². The second-order valence-electron chi connectivity index (χ2n) is 5.89. The highest BCUT2D eigenvalue weighted by atomic mass is 32.2. The number of nitrogens with zero attached hydrogens (tertiary/aromatic N) is 1. The number of carboxylic acids is 1. The summed E-state index contributed by atoms with van der Waals surface area (Å²) >= 11 is 1.47. The summed E-state index contributed by atoms with van der Waals surface area (Å²) < 4.78 is 0.